The molecular formula is C50H97N2O7P. The maximum Gasteiger partial charge on any atom is 0.472 e. The van der Waals surface area contributed by atoms with E-state index in [1.807, 2.05) is 6.08 Å². The highest BCUT2D eigenvalue weighted by Crippen LogP contribution is 2.43. The molecule has 10 heteroatoms. The van der Waals surface area contributed by atoms with Gasteiger partial charge in [0.15, 0.2) is 0 Å². The zero-order chi connectivity index (χ0) is 44.0. The van der Waals surface area contributed by atoms with Crippen LogP contribution in [0.3, 0.4) is 0 Å². The van der Waals surface area contributed by atoms with Gasteiger partial charge in [0.25, 0.3) is 0 Å². The van der Waals surface area contributed by atoms with E-state index in [1.165, 1.54) is 161 Å². The van der Waals surface area contributed by atoms with Gasteiger partial charge in [-0.2, -0.15) is 0 Å². The van der Waals surface area contributed by atoms with Crippen molar-refractivity contribution in [2.75, 3.05) is 19.8 Å². The molecule has 0 aromatic rings. The lowest BCUT2D eigenvalue weighted by atomic mass is 10.0. The van der Waals surface area contributed by atoms with E-state index in [9.17, 15) is 24.5 Å². The van der Waals surface area contributed by atoms with E-state index in [-0.39, 0.29) is 19.6 Å². The number of allylic oxidation sites excluding steroid dienone is 5. The van der Waals surface area contributed by atoms with Crippen molar-refractivity contribution in [1.29, 1.82) is 0 Å². The summed E-state index contributed by atoms with van der Waals surface area (Å²) in [7, 11) is -4.41. The lowest BCUT2D eigenvalue weighted by molar-refractivity contribution is -0.124. The van der Waals surface area contributed by atoms with Gasteiger partial charge in [-0.05, 0) is 57.8 Å². The number of nitrogens with one attached hydrogen (secondary N) is 1. The van der Waals surface area contributed by atoms with Crippen molar-refractivity contribution in [3.05, 3.63) is 36.5 Å². The summed E-state index contributed by atoms with van der Waals surface area (Å²) >= 11 is 0. The van der Waals surface area contributed by atoms with Gasteiger partial charge in [-0.1, -0.05) is 211 Å². The molecule has 0 bridgehead atoms. The predicted octanol–water partition coefficient (Wildman–Crippen LogP) is 13.6. The molecule has 354 valence electrons. The Morgan fingerprint density at radius 2 is 0.950 bits per heavy atom. The van der Waals surface area contributed by atoms with Crippen LogP contribution in [0.2, 0.25) is 0 Å². The molecule has 0 saturated carbocycles. The van der Waals surface area contributed by atoms with Crippen molar-refractivity contribution >= 4 is 13.7 Å². The van der Waals surface area contributed by atoms with Crippen molar-refractivity contribution in [3.63, 3.8) is 0 Å². The van der Waals surface area contributed by atoms with E-state index in [0.717, 1.165) is 44.9 Å². The molecule has 0 radical (unpaired) electrons. The molecule has 4 unspecified atom stereocenters. The number of nitrogens with two attached hydrogens (primary N) is 1. The lowest BCUT2D eigenvalue weighted by Gasteiger charge is -2.24. The number of unbranched alkanes of at least 4 members (excludes halogenated alkanes) is 29. The predicted molar refractivity (Wildman–Crippen MR) is 255 cm³/mol. The summed E-state index contributed by atoms with van der Waals surface area (Å²) < 4.78 is 22.1. The first kappa shape index (κ1) is 58.7. The standard InChI is InChI=1S/C50H97N2O7P/c1-3-5-7-9-11-13-15-17-19-21-22-23-24-26-27-29-31-33-35-37-39-41-47(53)45-50(55)52-48(46-59-60(56,57)58-44-43-51)49(54)42-40-38-36-34-32-30-28-25-20-18-16-14-12-10-8-6-4-2/h26-27,32,34,40,42,47-49,53-54H,3-25,28-31,33,35-39,41,43-46,51H2,1-2H3,(H,52,55)(H,56,57)/b27-26-,34-32+,42-40+. The number of aliphatic hydroxyl groups is 2. The number of rotatable bonds is 47. The van der Waals surface area contributed by atoms with E-state index in [2.05, 4.69) is 43.5 Å². The molecule has 0 spiro atoms. The average Bonchev–Trinajstić information content (AvgIpc) is 3.23. The smallest absolute Gasteiger partial charge is 0.393 e. The first-order valence-corrected chi connectivity index (χ1v) is 26.7. The van der Waals surface area contributed by atoms with Crippen molar-refractivity contribution in [2.24, 2.45) is 5.73 Å². The van der Waals surface area contributed by atoms with Crippen molar-refractivity contribution in [1.82, 2.24) is 5.32 Å². The van der Waals surface area contributed by atoms with E-state index in [4.69, 9.17) is 14.8 Å². The average molecular weight is 869 g/mol. The fourth-order valence-corrected chi connectivity index (χ4v) is 8.18. The summed E-state index contributed by atoms with van der Waals surface area (Å²) in [4.78, 5) is 22.8. The van der Waals surface area contributed by atoms with Gasteiger partial charge >= 0.3 is 7.82 Å². The summed E-state index contributed by atoms with van der Waals surface area (Å²) in [5, 5.41) is 24.1. The zero-order valence-corrected chi connectivity index (χ0v) is 40.0. The number of carbonyl (C=O) groups is 1. The number of aliphatic hydroxyl groups excluding tert-OH is 2. The molecule has 60 heavy (non-hydrogen) atoms. The fraction of sp³-hybridized carbons (Fsp3) is 0.860. The molecule has 0 heterocycles. The van der Waals surface area contributed by atoms with Gasteiger partial charge in [-0.15, -0.1) is 0 Å². The van der Waals surface area contributed by atoms with Gasteiger partial charge < -0.3 is 26.2 Å². The highest BCUT2D eigenvalue weighted by atomic mass is 31.2. The van der Waals surface area contributed by atoms with E-state index >= 15 is 0 Å². The van der Waals surface area contributed by atoms with Gasteiger partial charge in [-0.25, -0.2) is 4.57 Å². The zero-order valence-electron chi connectivity index (χ0n) is 39.1. The van der Waals surface area contributed by atoms with E-state index in [0.29, 0.717) is 12.8 Å². The summed E-state index contributed by atoms with van der Waals surface area (Å²) in [5.41, 5.74) is 5.37. The lowest BCUT2D eigenvalue weighted by Crippen LogP contribution is -2.46. The van der Waals surface area contributed by atoms with Crippen LogP contribution < -0.4 is 11.1 Å². The van der Waals surface area contributed by atoms with Crippen molar-refractivity contribution in [3.8, 4) is 0 Å². The largest absolute Gasteiger partial charge is 0.472 e. The van der Waals surface area contributed by atoms with Gasteiger partial charge in [0.05, 0.1) is 37.9 Å². The molecule has 0 fully saturated rings. The fourth-order valence-electron chi connectivity index (χ4n) is 7.42. The van der Waals surface area contributed by atoms with Gasteiger partial charge in [-0.3, -0.25) is 13.8 Å². The van der Waals surface area contributed by atoms with Crippen LogP contribution in [0.25, 0.3) is 0 Å². The van der Waals surface area contributed by atoms with Crippen LogP contribution in [-0.4, -0.2) is 59.0 Å². The van der Waals surface area contributed by atoms with Crippen LogP contribution in [0.15, 0.2) is 36.5 Å². The molecule has 9 nitrogen and oxygen atoms in total. The van der Waals surface area contributed by atoms with E-state index in [1.54, 1.807) is 6.08 Å². The Balaban J connectivity index is 4.24. The van der Waals surface area contributed by atoms with Gasteiger partial charge in [0, 0.05) is 6.54 Å². The second kappa shape index (κ2) is 45.7. The Morgan fingerprint density at radius 1 is 0.567 bits per heavy atom. The second-order valence-corrected chi connectivity index (χ2v) is 18.7. The maximum absolute atomic E-state index is 12.9. The molecule has 0 aromatic carbocycles. The monoisotopic (exact) mass is 869 g/mol. The van der Waals surface area contributed by atoms with Crippen LogP contribution in [0.4, 0.5) is 0 Å². The second-order valence-electron chi connectivity index (χ2n) is 17.2. The molecular weight excluding hydrogens is 772 g/mol. The molecule has 6 N–H and O–H groups in total. The topological polar surface area (TPSA) is 151 Å². The van der Waals surface area contributed by atoms with Crippen LogP contribution in [0.1, 0.15) is 239 Å². The van der Waals surface area contributed by atoms with Crippen molar-refractivity contribution < 1.29 is 33.5 Å². The number of carbonyl (C=O) groups excluding carboxylic acids is 1. The van der Waals surface area contributed by atoms with Crippen LogP contribution in [0, 0.1) is 0 Å². The molecule has 0 aromatic heterocycles. The minimum absolute atomic E-state index is 0.0436. The third-order valence-electron chi connectivity index (χ3n) is 11.2. The molecule has 0 aliphatic heterocycles. The Hall–Kier alpha value is -1.32. The molecule has 0 rings (SSSR count). The summed E-state index contributed by atoms with van der Waals surface area (Å²) in [6.45, 7) is 3.97. The first-order chi connectivity index (χ1) is 29.3. The molecule has 4 atom stereocenters. The third kappa shape index (κ3) is 43.3. The number of hydrogen-bond acceptors (Lipinski definition) is 7. The van der Waals surface area contributed by atoms with Crippen LogP contribution >= 0.6 is 7.82 Å². The quantitative estimate of drug-likeness (QED) is 0.0230. The number of phosphoric acid groups is 1. The molecule has 1 amide bonds. The van der Waals surface area contributed by atoms with Crippen LogP contribution in [0.5, 0.6) is 0 Å². The summed E-state index contributed by atoms with van der Waals surface area (Å²) in [6, 6.07) is -1.00. The van der Waals surface area contributed by atoms with Gasteiger partial charge in [0.1, 0.15) is 0 Å². The Labute approximate surface area is 370 Å². The SMILES string of the molecule is CCCCCCCCCCCCC/C=C/CC/C=C/C(O)C(COP(=O)(O)OCCN)NC(=O)CC(O)CCCCCCC/C=C\CCCCCCCCCCCCCC. The summed E-state index contributed by atoms with van der Waals surface area (Å²) in [6.07, 6.45) is 52.4. The van der Waals surface area contributed by atoms with Crippen molar-refractivity contribution in [2.45, 2.75) is 257 Å². The molecule has 0 saturated heterocycles. The number of amides is 1. The Kier molecular flexibility index (Phi) is 44.7. The molecule has 0 aliphatic carbocycles. The minimum atomic E-state index is -4.41. The Morgan fingerprint density at radius 3 is 1.38 bits per heavy atom. The number of hydrogen-bond donors (Lipinski definition) is 5. The van der Waals surface area contributed by atoms with Crippen LogP contribution in [-0.2, 0) is 18.4 Å². The highest BCUT2D eigenvalue weighted by Gasteiger charge is 2.27. The van der Waals surface area contributed by atoms with Gasteiger partial charge in [0.2, 0.25) is 5.91 Å². The Bertz CT molecular complexity index is 1060. The highest BCUT2D eigenvalue weighted by molar-refractivity contribution is 7.47. The maximum atomic E-state index is 12.9. The molecule has 0 aliphatic rings. The minimum Gasteiger partial charge on any atom is -0.393 e. The first-order valence-electron chi connectivity index (χ1n) is 25.2. The van der Waals surface area contributed by atoms with E-state index < -0.39 is 38.6 Å². The summed E-state index contributed by atoms with van der Waals surface area (Å²) in [5.74, 6) is -0.458. The third-order valence-corrected chi connectivity index (χ3v) is 12.2. The normalized spacial score (nSPS) is 14.7. The number of phosphoric ester groups is 1.